The average Bonchev–Trinajstić information content (AvgIpc) is 2.65. The van der Waals surface area contributed by atoms with E-state index in [1.807, 2.05) is 6.92 Å². The minimum Gasteiger partial charge on any atom is -0.344 e. The van der Waals surface area contributed by atoms with Crippen molar-refractivity contribution in [1.82, 2.24) is 4.98 Å². The molecule has 1 fully saturated rings. The highest BCUT2D eigenvalue weighted by atomic mass is 32.1. The summed E-state index contributed by atoms with van der Waals surface area (Å²) in [5, 5.41) is 3.26. The largest absolute Gasteiger partial charge is 0.344 e. The van der Waals surface area contributed by atoms with E-state index < -0.39 is 0 Å². The van der Waals surface area contributed by atoms with Crippen LogP contribution in [0.1, 0.15) is 31.9 Å². The number of thiazole rings is 1. The van der Waals surface area contributed by atoms with Gasteiger partial charge in [-0.2, -0.15) is 0 Å². The van der Waals surface area contributed by atoms with Crippen LogP contribution in [-0.2, 0) is 0 Å². The van der Waals surface area contributed by atoms with Gasteiger partial charge in [0.05, 0.1) is 5.69 Å². The van der Waals surface area contributed by atoms with Crippen molar-refractivity contribution in [1.29, 1.82) is 0 Å². The lowest BCUT2D eigenvalue weighted by Crippen LogP contribution is -2.49. The molecule has 0 amide bonds. The van der Waals surface area contributed by atoms with E-state index in [9.17, 15) is 0 Å². The van der Waals surface area contributed by atoms with Gasteiger partial charge < -0.3 is 10.6 Å². The van der Waals surface area contributed by atoms with Crippen molar-refractivity contribution in [2.45, 2.75) is 45.2 Å². The molecule has 3 nitrogen and oxygen atoms in total. The van der Waals surface area contributed by atoms with Gasteiger partial charge in [0.15, 0.2) is 5.13 Å². The Hall–Kier alpha value is -0.610. The number of hydrogen-bond acceptors (Lipinski definition) is 4. The molecule has 4 heteroatoms. The molecule has 2 atom stereocenters. The lowest BCUT2D eigenvalue weighted by atomic mass is 9.98. The molecule has 1 aromatic rings. The molecule has 0 spiro atoms. The van der Waals surface area contributed by atoms with Gasteiger partial charge in [0, 0.05) is 24.0 Å². The summed E-state index contributed by atoms with van der Waals surface area (Å²) in [5.41, 5.74) is 7.15. The molecule has 0 aromatic carbocycles. The lowest BCUT2D eigenvalue weighted by molar-refractivity contribution is 0.413. The number of rotatable bonds is 2. The monoisotopic (exact) mass is 225 g/mol. The molecule has 2 rings (SSSR count). The van der Waals surface area contributed by atoms with Crippen molar-refractivity contribution in [2.24, 2.45) is 5.73 Å². The number of hydrogen-bond donors (Lipinski definition) is 1. The van der Waals surface area contributed by atoms with E-state index in [-0.39, 0.29) is 6.04 Å². The van der Waals surface area contributed by atoms with Gasteiger partial charge in [-0.15, -0.1) is 11.3 Å². The molecule has 0 radical (unpaired) electrons. The maximum absolute atomic E-state index is 6.04. The van der Waals surface area contributed by atoms with Gasteiger partial charge in [0.1, 0.15) is 0 Å². The van der Waals surface area contributed by atoms with E-state index in [0.29, 0.717) is 6.04 Å². The molecule has 2 N–H and O–H groups in total. The van der Waals surface area contributed by atoms with Gasteiger partial charge in [-0.1, -0.05) is 0 Å². The van der Waals surface area contributed by atoms with Crippen molar-refractivity contribution in [2.75, 3.05) is 11.4 Å². The van der Waals surface area contributed by atoms with Crippen LogP contribution in [0.25, 0.3) is 0 Å². The summed E-state index contributed by atoms with van der Waals surface area (Å²) < 4.78 is 0. The third kappa shape index (κ3) is 2.32. The number of piperidine rings is 1. The van der Waals surface area contributed by atoms with Gasteiger partial charge in [0.25, 0.3) is 0 Å². The first-order valence-electron chi connectivity index (χ1n) is 5.63. The summed E-state index contributed by atoms with van der Waals surface area (Å²) in [6.07, 6.45) is 3.77. The molecule has 0 saturated carbocycles. The summed E-state index contributed by atoms with van der Waals surface area (Å²) in [5.74, 6) is 0. The molecule has 0 bridgehead atoms. The van der Waals surface area contributed by atoms with Gasteiger partial charge >= 0.3 is 0 Å². The maximum Gasteiger partial charge on any atom is 0.185 e. The molecule has 15 heavy (non-hydrogen) atoms. The molecule has 1 aliphatic heterocycles. The highest BCUT2D eigenvalue weighted by molar-refractivity contribution is 7.13. The first-order valence-corrected chi connectivity index (χ1v) is 6.51. The zero-order valence-electron chi connectivity index (χ0n) is 9.44. The van der Waals surface area contributed by atoms with Gasteiger partial charge in [-0.05, 0) is 33.1 Å². The quantitative estimate of drug-likeness (QED) is 0.838. The number of aromatic nitrogens is 1. The third-order valence-electron chi connectivity index (χ3n) is 3.01. The van der Waals surface area contributed by atoms with Gasteiger partial charge in [-0.3, -0.25) is 0 Å². The highest BCUT2D eigenvalue weighted by Crippen LogP contribution is 2.28. The Labute approximate surface area is 95.3 Å². The van der Waals surface area contributed by atoms with E-state index in [1.165, 1.54) is 19.3 Å². The van der Waals surface area contributed by atoms with Crippen LogP contribution in [0, 0.1) is 6.92 Å². The van der Waals surface area contributed by atoms with Crippen LogP contribution in [-0.4, -0.2) is 23.6 Å². The van der Waals surface area contributed by atoms with E-state index in [1.54, 1.807) is 11.3 Å². The second-order valence-electron chi connectivity index (χ2n) is 4.39. The van der Waals surface area contributed by atoms with Crippen LogP contribution in [0.3, 0.4) is 0 Å². The number of nitrogens with two attached hydrogens (primary N) is 1. The predicted octanol–water partition coefficient (Wildman–Crippen LogP) is 2.16. The topological polar surface area (TPSA) is 42.1 Å². The summed E-state index contributed by atoms with van der Waals surface area (Å²) >= 11 is 1.74. The fourth-order valence-electron chi connectivity index (χ4n) is 2.21. The fraction of sp³-hybridized carbons (Fsp3) is 0.727. The van der Waals surface area contributed by atoms with Gasteiger partial charge in [0.2, 0.25) is 0 Å². The molecular formula is C11H19N3S. The maximum atomic E-state index is 6.04. The molecule has 2 unspecified atom stereocenters. The fourth-order valence-corrected chi connectivity index (χ4v) is 3.10. The number of aryl methyl sites for hydroxylation is 1. The first-order chi connectivity index (χ1) is 7.18. The van der Waals surface area contributed by atoms with E-state index in [2.05, 4.69) is 22.2 Å². The minimum absolute atomic E-state index is 0.231. The summed E-state index contributed by atoms with van der Waals surface area (Å²) in [4.78, 5) is 6.95. The Morgan fingerprint density at radius 3 is 3.00 bits per heavy atom. The highest BCUT2D eigenvalue weighted by Gasteiger charge is 2.27. The summed E-state index contributed by atoms with van der Waals surface area (Å²) in [7, 11) is 0. The van der Waals surface area contributed by atoms with E-state index in [0.717, 1.165) is 17.4 Å². The van der Waals surface area contributed by atoms with E-state index in [4.69, 9.17) is 5.73 Å². The zero-order chi connectivity index (χ0) is 10.8. The average molecular weight is 225 g/mol. The summed E-state index contributed by atoms with van der Waals surface area (Å²) in [6, 6.07) is 0.707. The molecule has 2 heterocycles. The Morgan fingerprint density at radius 2 is 2.40 bits per heavy atom. The first kappa shape index (κ1) is 10.9. The van der Waals surface area contributed by atoms with Crippen LogP contribution in [0.15, 0.2) is 5.38 Å². The molecule has 1 aliphatic rings. The standard InChI is InChI=1S/C11H19N3S/c1-8-7-15-11(13-8)14-6-4-3-5-10(14)9(2)12/h7,9-10H,3-6,12H2,1-2H3. The smallest absolute Gasteiger partial charge is 0.185 e. The van der Waals surface area contributed by atoms with Crippen molar-refractivity contribution in [3.63, 3.8) is 0 Å². The van der Waals surface area contributed by atoms with Crippen LogP contribution < -0.4 is 10.6 Å². The van der Waals surface area contributed by atoms with Crippen LogP contribution >= 0.6 is 11.3 Å². The van der Waals surface area contributed by atoms with E-state index >= 15 is 0 Å². The number of nitrogens with zero attached hydrogens (tertiary/aromatic N) is 2. The van der Waals surface area contributed by atoms with Crippen molar-refractivity contribution < 1.29 is 0 Å². The third-order valence-corrected chi connectivity index (χ3v) is 4.00. The molecule has 0 aliphatic carbocycles. The van der Waals surface area contributed by atoms with Crippen molar-refractivity contribution in [3.05, 3.63) is 11.1 Å². The lowest BCUT2D eigenvalue weighted by Gasteiger charge is -2.37. The number of anilines is 1. The Bertz CT molecular complexity index is 321. The Kier molecular flexibility index (Phi) is 3.26. The van der Waals surface area contributed by atoms with Crippen molar-refractivity contribution in [3.8, 4) is 0 Å². The zero-order valence-corrected chi connectivity index (χ0v) is 10.3. The molecular weight excluding hydrogens is 206 g/mol. The second kappa shape index (κ2) is 4.49. The second-order valence-corrected chi connectivity index (χ2v) is 5.22. The minimum atomic E-state index is 0.231. The molecule has 1 saturated heterocycles. The van der Waals surface area contributed by atoms with Crippen LogP contribution in [0.4, 0.5) is 5.13 Å². The Morgan fingerprint density at radius 1 is 1.60 bits per heavy atom. The van der Waals surface area contributed by atoms with Crippen molar-refractivity contribution >= 4 is 16.5 Å². The van der Waals surface area contributed by atoms with Crippen LogP contribution in [0.2, 0.25) is 0 Å². The normalized spacial score (nSPS) is 24.2. The SMILES string of the molecule is Cc1csc(N2CCCCC2C(C)N)n1. The predicted molar refractivity (Wildman–Crippen MR) is 65.5 cm³/mol. The molecule has 84 valence electrons. The Balaban J connectivity index is 2.17. The van der Waals surface area contributed by atoms with Crippen LogP contribution in [0.5, 0.6) is 0 Å². The van der Waals surface area contributed by atoms with Gasteiger partial charge in [-0.25, -0.2) is 4.98 Å². The molecule has 1 aromatic heterocycles. The summed E-state index contributed by atoms with van der Waals surface area (Å²) in [6.45, 7) is 5.26.